The molecule has 70 valence electrons. The quantitative estimate of drug-likeness (QED) is 0.706. The molecule has 0 aromatic carbocycles. The third-order valence-corrected chi connectivity index (χ3v) is 3.20. The monoisotopic (exact) mass is 188 g/mol. The summed E-state index contributed by atoms with van der Waals surface area (Å²) in [5.74, 6) is 0.637. The van der Waals surface area contributed by atoms with Crippen LogP contribution in [-0.2, 0) is 0 Å². The second-order valence-electron chi connectivity index (χ2n) is 3.58. The Balaban J connectivity index is 2.55. The Bertz CT molecular complexity index is 169. The average Bonchev–Trinajstić information content (AvgIpc) is 2.17. The molecule has 0 heterocycles. The topological polar surface area (TPSA) is 20.2 Å². The van der Waals surface area contributed by atoms with E-state index < -0.39 is 0 Å². The number of allylic oxidation sites excluding steroid dienone is 1. The molecule has 0 aromatic rings. The highest BCUT2D eigenvalue weighted by atomic mass is 35.5. The van der Waals surface area contributed by atoms with Gasteiger partial charge in [-0.3, -0.25) is 0 Å². The Labute approximate surface area is 79.4 Å². The van der Waals surface area contributed by atoms with Crippen LogP contribution in [0, 0.1) is 5.92 Å². The summed E-state index contributed by atoms with van der Waals surface area (Å²) in [5.41, 5.74) is 1.21. The molecule has 0 aromatic heterocycles. The first-order valence-corrected chi connectivity index (χ1v) is 5.09. The molecule has 0 aliphatic heterocycles. The summed E-state index contributed by atoms with van der Waals surface area (Å²) in [7, 11) is 0. The molecule has 2 heteroatoms. The molecule has 1 N–H and O–H groups in total. The molecular weight excluding hydrogens is 172 g/mol. The van der Waals surface area contributed by atoms with Crippen LogP contribution in [0.25, 0.3) is 0 Å². The molecule has 1 aliphatic carbocycles. The SMILES string of the molecule is C/C(=C(\Cl)CO)C1CCCCC1. The molecule has 0 radical (unpaired) electrons. The van der Waals surface area contributed by atoms with Crippen LogP contribution in [0.4, 0.5) is 0 Å². The van der Waals surface area contributed by atoms with Crippen molar-refractivity contribution in [2.45, 2.75) is 39.0 Å². The van der Waals surface area contributed by atoms with Crippen molar-refractivity contribution < 1.29 is 5.11 Å². The number of aliphatic hydroxyl groups excluding tert-OH is 1. The fourth-order valence-corrected chi connectivity index (χ4v) is 2.04. The second kappa shape index (κ2) is 4.88. The number of halogens is 1. The predicted molar refractivity (Wildman–Crippen MR) is 52.2 cm³/mol. The van der Waals surface area contributed by atoms with Crippen LogP contribution >= 0.6 is 11.6 Å². The third kappa shape index (κ3) is 2.49. The van der Waals surface area contributed by atoms with Crippen LogP contribution in [0.1, 0.15) is 39.0 Å². The molecule has 0 unspecified atom stereocenters. The number of hydrogen-bond acceptors (Lipinski definition) is 1. The summed E-state index contributed by atoms with van der Waals surface area (Å²) in [4.78, 5) is 0. The van der Waals surface area contributed by atoms with Gasteiger partial charge < -0.3 is 5.11 Å². The van der Waals surface area contributed by atoms with Gasteiger partial charge in [-0.2, -0.15) is 0 Å². The summed E-state index contributed by atoms with van der Waals surface area (Å²) >= 11 is 5.88. The maximum Gasteiger partial charge on any atom is 0.0787 e. The Morgan fingerprint density at radius 2 is 1.92 bits per heavy atom. The van der Waals surface area contributed by atoms with Crippen molar-refractivity contribution in [1.82, 2.24) is 0 Å². The summed E-state index contributed by atoms with van der Waals surface area (Å²) in [6.45, 7) is 2.05. The molecular formula is C10H17ClO. The molecule has 0 spiro atoms. The Morgan fingerprint density at radius 3 is 2.42 bits per heavy atom. The highest BCUT2D eigenvalue weighted by Gasteiger charge is 2.16. The fourth-order valence-electron chi connectivity index (χ4n) is 1.88. The molecule has 1 nitrogen and oxygen atoms in total. The third-order valence-electron chi connectivity index (χ3n) is 2.78. The van der Waals surface area contributed by atoms with Gasteiger partial charge in [-0.1, -0.05) is 36.4 Å². The van der Waals surface area contributed by atoms with Crippen molar-refractivity contribution in [2.75, 3.05) is 6.61 Å². The van der Waals surface area contributed by atoms with Crippen molar-refractivity contribution in [3.05, 3.63) is 10.6 Å². The van der Waals surface area contributed by atoms with E-state index in [0.717, 1.165) is 0 Å². The van der Waals surface area contributed by atoms with Gasteiger partial charge in [0.15, 0.2) is 0 Å². The van der Waals surface area contributed by atoms with Gasteiger partial charge in [0, 0.05) is 5.03 Å². The van der Waals surface area contributed by atoms with Crippen molar-refractivity contribution in [2.24, 2.45) is 5.92 Å². The summed E-state index contributed by atoms with van der Waals surface area (Å²) in [6.07, 6.45) is 6.50. The van der Waals surface area contributed by atoms with Gasteiger partial charge in [-0.25, -0.2) is 0 Å². The second-order valence-corrected chi connectivity index (χ2v) is 4.04. The van der Waals surface area contributed by atoms with Crippen LogP contribution in [-0.4, -0.2) is 11.7 Å². The van der Waals surface area contributed by atoms with E-state index in [1.165, 1.54) is 37.7 Å². The molecule has 0 bridgehead atoms. The van der Waals surface area contributed by atoms with E-state index in [-0.39, 0.29) is 6.61 Å². The molecule has 1 saturated carbocycles. The van der Waals surface area contributed by atoms with E-state index in [1.54, 1.807) is 0 Å². The van der Waals surface area contributed by atoms with Gasteiger partial charge in [0.05, 0.1) is 6.61 Å². The van der Waals surface area contributed by atoms with Gasteiger partial charge in [0.2, 0.25) is 0 Å². The minimum absolute atomic E-state index is 0.00386. The van der Waals surface area contributed by atoms with Crippen molar-refractivity contribution in [3.63, 3.8) is 0 Å². The van der Waals surface area contributed by atoms with Gasteiger partial charge in [0.1, 0.15) is 0 Å². The molecule has 0 amide bonds. The smallest absolute Gasteiger partial charge is 0.0787 e. The summed E-state index contributed by atoms with van der Waals surface area (Å²) in [5, 5.41) is 9.50. The van der Waals surface area contributed by atoms with Crippen molar-refractivity contribution in [1.29, 1.82) is 0 Å². The van der Waals surface area contributed by atoms with E-state index in [4.69, 9.17) is 16.7 Å². The summed E-state index contributed by atoms with van der Waals surface area (Å²) < 4.78 is 0. The lowest BCUT2D eigenvalue weighted by Gasteiger charge is -2.23. The number of aliphatic hydroxyl groups is 1. The molecule has 0 atom stereocenters. The van der Waals surface area contributed by atoms with Crippen molar-refractivity contribution >= 4 is 11.6 Å². The van der Waals surface area contributed by atoms with Crippen LogP contribution in [0.15, 0.2) is 10.6 Å². The minimum atomic E-state index is 0.00386. The fraction of sp³-hybridized carbons (Fsp3) is 0.800. The van der Waals surface area contributed by atoms with Crippen LogP contribution in [0.3, 0.4) is 0 Å². The lowest BCUT2D eigenvalue weighted by atomic mass is 9.84. The van der Waals surface area contributed by atoms with Crippen LogP contribution in [0.2, 0.25) is 0 Å². The first-order chi connectivity index (χ1) is 5.75. The van der Waals surface area contributed by atoms with Gasteiger partial charge in [0.25, 0.3) is 0 Å². The first kappa shape index (κ1) is 10.1. The normalized spacial score (nSPS) is 22.2. The Hall–Kier alpha value is -0.0100. The van der Waals surface area contributed by atoms with Gasteiger partial charge in [-0.15, -0.1) is 0 Å². The van der Waals surface area contributed by atoms with Gasteiger partial charge >= 0.3 is 0 Å². The first-order valence-electron chi connectivity index (χ1n) is 4.71. The standard InChI is InChI=1S/C10H17ClO/c1-8(10(11)7-12)9-5-3-2-4-6-9/h9,12H,2-7H2,1H3/b10-8+. The molecule has 12 heavy (non-hydrogen) atoms. The minimum Gasteiger partial charge on any atom is -0.391 e. The highest BCUT2D eigenvalue weighted by Crippen LogP contribution is 2.31. The summed E-state index contributed by atoms with van der Waals surface area (Å²) in [6, 6.07) is 0. The zero-order valence-electron chi connectivity index (χ0n) is 7.65. The lowest BCUT2D eigenvalue weighted by molar-refractivity contribution is 0.332. The number of rotatable bonds is 2. The maximum absolute atomic E-state index is 8.85. The predicted octanol–water partition coefficient (Wildman–Crippen LogP) is 3.07. The van der Waals surface area contributed by atoms with Crippen LogP contribution in [0.5, 0.6) is 0 Å². The molecule has 0 saturated heterocycles. The zero-order chi connectivity index (χ0) is 8.97. The number of hydrogen-bond donors (Lipinski definition) is 1. The Morgan fingerprint density at radius 1 is 1.33 bits per heavy atom. The maximum atomic E-state index is 8.85. The van der Waals surface area contributed by atoms with Gasteiger partial charge in [-0.05, 0) is 25.7 Å². The van der Waals surface area contributed by atoms with E-state index in [0.29, 0.717) is 11.0 Å². The van der Waals surface area contributed by atoms with E-state index in [9.17, 15) is 0 Å². The highest BCUT2D eigenvalue weighted by molar-refractivity contribution is 6.30. The largest absolute Gasteiger partial charge is 0.391 e. The lowest BCUT2D eigenvalue weighted by Crippen LogP contribution is -2.09. The zero-order valence-corrected chi connectivity index (χ0v) is 8.40. The van der Waals surface area contributed by atoms with E-state index >= 15 is 0 Å². The van der Waals surface area contributed by atoms with Crippen LogP contribution < -0.4 is 0 Å². The van der Waals surface area contributed by atoms with E-state index in [2.05, 4.69) is 6.92 Å². The van der Waals surface area contributed by atoms with Crippen molar-refractivity contribution in [3.8, 4) is 0 Å². The molecule has 1 rings (SSSR count). The van der Waals surface area contributed by atoms with E-state index in [1.807, 2.05) is 0 Å². The Kier molecular flexibility index (Phi) is 4.10. The molecule has 1 fully saturated rings. The average molecular weight is 189 g/mol. The molecule has 1 aliphatic rings.